The van der Waals surface area contributed by atoms with Crippen LogP contribution >= 0.6 is 0 Å². The number of hydrogen-bond donors (Lipinski definition) is 0. The zero-order chi connectivity index (χ0) is 27.3. The van der Waals surface area contributed by atoms with Crippen molar-refractivity contribution in [3.63, 3.8) is 0 Å². The minimum absolute atomic E-state index is 0.321. The van der Waals surface area contributed by atoms with Crippen LogP contribution in [0, 0.1) is 0 Å². The van der Waals surface area contributed by atoms with E-state index >= 15 is 0 Å². The van der Waals surface area contributed by atoms with Gasteiger partial charge in [-0.15, -0.1) is 0 Å². The Morgan fingerprint density at radius 2 is 1.29 bits per heavy atom. The van der Waals surface area contributed by atoms with Gasteiger partial charge in [-0.1, -0.05) is 60.7 Å². The van der Waals surface area contributed by atoms with Gasteiger partial charge in [0.25, 0.3) is 0 Å². The standard InChI is InChI=1S/C31H37BO6/c1-22(36-23(2)33)17-26-18-28(34-20-24-13-9-7-10-14-24)29(35-21-25-15-11-8-12-16-25)19-27(26)32-37-30(3,4)31(5,6)38-32/h7-16,18-19,22H,17,20-21H2,1-6H3/t22-/m0/s1. The summed E-state index contributed by atoms with van der Waals surface area (Å²) in [5, 5.41) is 0. The highest BCUT2D eigenvalue weighted by Gasteiger charge is 2.52. The number of carbonyl (C=O) groups is 1. The van der Waals surface area contributed by atoms with Gasteiger partial charge in [0.1, 0.15) is 19.3 Å². The SMILES string of the molecule is CC(=O)O[C@@H](C)Cc1cc(OCc2ccccc2)c(OCc2ccccc2)cc1B1OC(C)(C)C(C)(C)O1. The number of rotatable bonds is 10. The largest absolute Gasteiger partial charge is 0.495 e. The normalized spacial score (nSPS) is 16.6. The van der Waals surface area contributed by atoms with Gasteiger partial charge in [-0.05, 0) is 68.9 Å². The van der Waals surface area contributed by atoms with Crippen molar-refractivity contribution in [2.75, 3.05) is 0 Å². The molecule has 0 saturated carbocycles. The van der Waals surface area contributed by atoms with Gasteiger partial charge >= 0.3 is 13.1 Å². The van der Waals surface area contributed by atoms with Crippen LogP contribution in [-0.4, -0.2) is 30.4 Å². The lowest BCUT2D eigenvalue weighted by Crippen LogP contribution is -2.41. The average molecular weight is 516 g/mol. The van der Waals surface area contributed by atoms with Crippen LogP contribution < -0.4 is 14.9 Å². The number of carbonyl (C=O) groups excluding carboxylic acids is 1. The van der Waals surface area contributed by atoms with Crippen LogP contribution in [0.3, 0.4) is 0 Å². The minimum Gasteiger partial charge on any atom is -0.485 e. The predicted molar refractivity (Wildman–Crippen MR) is 149 cm³/mol. The molecule has 0 unspecified atom stereocenters. The summed E-state index contributed by atoms with van der Waals surface area (Å²) in [7, 11) is -0.609. The van der Waals surface area contributed by atoms with Crippen molar-refractivity contribution in [1.82, 2.24) is 0 Å². The molecule has 1 heterocycles. The molecule has 4 rings (SSSR count). The van der Waals surface area contributed by atoms with E-state index in [1.54, 1.807) is 0 Å². The van der Waals surface area contributed by atoms with Crippen molar-refractivity contribution in [2.45, 2.75) is 78.5 Å². The Morgan fingerprint density at radius 1 is 0.816 bits per heavy atom. The Morgan fingerprint density at radius 3 is 1.76 bits per heavy atom. The molecule has 1 aliphatic heterocycles. The highest BCUT2D eigenvalue weighted by Crippen LogP contribution is 2.38. The van der Waals surface area contributed by atoms with Gasteiger partial charge in [0.2, 0.25) is 0 Å². The Hall–Kier alpha value is -3.29. The van der Waals surface area contributed by atoms with Crippen LogP contribution in [0.1, 0.15) is 58.2 Å². The van der Waals surface area contributed by atoms with E-state index < -0.39 is 18.3 Å². The molecule has 7 heteroatoms. The van der Waals surface area contributed by atoms with Crippen LogP contribution in [-0.2, 0) is 38.5 Å². The molecule has 1 atom stereocenters. The molecule has 0 aliphatic carbocycles. The molecule has 0 aromatic heterocycles. The molecule has 3 aromatic rings. The summed E-state index contributed by atoms with van der Waals surface area (Å²) in [5.74, 6) is 0.881. The summed E-state index contributed by atoms with van der Waals surface area (Å²) in [6, 6.07) is 23.9. The zero-order valence-corrected chi connectivity index (χ0v) is 23.2. The van der Waals surface area contributed by atoms with Crippen molar-refractivity contribution in [3.8, 4) is 11.5 Å². The van der Waals surface area contributed by atoms with Crippen LogP contribution in [0.15, 0.2) is 72.8 Å². The van der Waals surface area contributed by atoms with Crippen molar-refractivity contribution in [3.05, 3.63) is 89.5 Å². The second kappa shape index (κ2) is 11.6. The summed E-state index contributed by atoms with van der Waals surface area (Å²) in [6.45, 7) is 12.2. The van der Waals surface area contributed by atoms with Crippen LogP contribution in [0.4, 0.5) is 0 Å². The molecule has 1 saturated heterocycles. The molecule has 1 fully saturated rings. The lowest BCUT2D eigenvalue weighted by atomic mass is 9.74. The molecule has 1 aliphatic rings. The maximum Gasteiger partial charge on any atom is 0.495 e. The highest BCUT2D eigenvalue weighted by atomic mass is 16.7. The first-order valence-electron chi connectivity index (χ1n) is 13.1. The Labute approximate surface area is 226 Å². The van der Waals surface area contributed by atoms with Gasteiger partial charge in [-0.3, -0.25) is 4.79 Å². The molecule has 0 amide bonds. The second-order valence-electron chi connectivity index (χ2n) is 10.8. The van der Waals surface area contributed by atoms with E-state index in [-0.39, 0.29) is 12.1 Å². The van der Waals surface area contributed by atoms with Gasteiger partial charge < -0.3 is 23.5 Å². The van der Waals surface area contributed by atoms with Crippen molar-refractivity contribution in [2.24, 2.45) is 0 Å². The molecule has 200 valence electrons. The Kier molecular flexibility index (Phi) is 8.49. The van der Waals surface area contributed by atoms with E-state index in [0.29, 0.717) is 31.1 Å². The lowest BCUT2D eigenvalue weighted by molar-refractivity contribution is -0.145. The molecule has 0 radical (unpaired) electrons. The van der Waals surface area contributed by atoms with Crippen LogP contribution in [0.5, 0.6) is 11.5 Å². The van der Waals surface area contributed by atoms with Crippen molar-refractivity contribution < 1.29 is 28.3 Å². The van der Waals surface area contributed by atoms with Gasteiger partial charge in [-0.2, -0.15) is 0 Å². The fraction of sp³-hybridized carbons (Fsp3) is 0.387. The van der Waals surface area contributed by atoms with Gasteiger partial charge in [0.05, 0.1) is 11.2 Å². The van der Waals surface area contributed by atoms with E-state index in [2.05, 4.69) is 0 Å². The quantitative estimate of drug-likeness (QED) is 0.257. The summed E-state index contributed by atoms with van der Waals surface area (Å²) >= 11 is 0. The Bertz CT molecular complexity index is 1210. The highest BCUT2D eigenvalue weighted by molar-refractivity contribution is 6.62. The summed E-state index contributed by atoms with van der Waals surface area (Å²) < 4.78 is 30.9. The van der Waals surface area contributed by atoms with E-state index in [1.165, 1.54) is 6.92 Å². The third kappa shape index (κ3) is 6.77. The van der Waals surface area contributed by atoms with Crippen LogP contribution in [0.25, 0.3) is 0 Å². The smallest absolute Gasteiger partial charge is 0.485 e. The predicted octanol–water partition coefficient (Wildman–Crippen LogP) is 5.64. The maximum absolute atomic E-state index is 11.6. The first kappa shape index (κ1) is 27.7. The number of esters is 1. The second-order valence-corrected chi connectivity index (χ2v) is 10.8. The fourth-order valence-corrected chi connectivity index (χ4v) is 4.31. The van der Waals surface area contributed by atoms with Crippen molar-refractivity contribution >= 4 is 18.6 Å². The van der Waals surface area contributed by atoms with Crippen LogP contribution in [0.2, 0.25) is 0 Å². The molecule has 6 nitrogen and oxygen atoms in total. The molecule has 38 heavy (non-hydrogen) atoms. The van der Waals surface area contributed by atoms with Gasteiger partial charge in [0, 0.05) is 13.3 Å². The Balaban J connectivity index is 1.72. The van der Waals surface area contributed by atoms with E-state index in [4.69, 9.17) is 23.5 Å². The summed E-state index contributed by atoms with van der Waals surface area (Å²) in [4.78, 5) is 11.6. The lowest BCUT2D eigenvalue weighted by Gasteiger charge is -2.32. The first-order valence-corrected chi connectivity index (χ1v) is 13.1. The van der Waals surface area contributed by atoms with Crippen molar-refractivity contribution in [1.29, 1.82) is 0 Å². The van der Waals surface area contributed by atoms with Gasteiger partial charge in [0.15, 0.2) is 11.5 Å². The first-order chi connectivity index (χ1) is 18.0. The monoisotopic (exact) mass is 516 g/mol. The number of ether oxygens (including phenoxy) is 3. The average Bonchev–Trinajstić information content (AvgIpc) is 3.09. The molecule has 0 spiro atoms. The topological polar surface area (TPSA) is 63.2 Å². The molecule has 0 N–H and O–H groups in total. The maximum atomic E-state index is 11.6. The third-order valence-corrected chi connectivity index (χ3v) is 7.06. The fourth-order valence-electron chi connectivity index (χ4n) is 4.31. The van der Waals surface area contributed by atoms with Gasteiger partial charge in [-0.25, -0.2) is 0 Å². The summed E-state index contributed by atoms with van der Waals surface area (Å²) in [5.41, 5.74) is 2.82. The molecule has 3 aromatic carbocycles. The molecular formula is C31H37BO6. The number of benzene rings is 3. The van der Waals surface area contributed by atoms with E-state index in [1.807, 2.05) is 107 Å². The zero-order valence-electron chi connectivity index (χ0n) is 23.2. The molecule has 0 bridgehead atoms. The van der Waals surface area contributed by atoms with E-state index in [9.17, 15) is 4.79 Å². The molecular weight excluding hydrogens is 479 g/mol. The minimum atomic E-state index is -0.609. The number of hydrogen-bond acceptors (Lipinski definition) is 6. The summed E-state index contributed by atoms with van der Waals surface area (Å²) in [6.07, 6.45) is 0.131. The van der Waals surface area contributed by atoms with E-state index in [0.717, 1.165) is 22.2 Å². The third-order valence-electron chi connectivity index (χ3n) is 7.06.